The highest BCUT2D eigenvalue weighted by atomic mass is 16.5. The molecule has 22 heavy (non-hydrogen) atoms. The second-order valence-electron chi connectivity index (χ2n) is 6.08. The largest absolute Gasteiger partial charge is 0.490 e. The lowest BCUT2D eigenvalue weighted by Gasteiger charge is -2.34. The standard InChI is InChI=1S/C17H26N2O3/c1-17(7-9-18-10-8-17)13-19-16(20)14-5-3-4-6-15(14)22-12-11-21-2/h3-6,18H,7-13H2,1-2H3,(H,19,20). The molecule has 1 aromatic rings. The molecule has 0 atom stereocenters. The molecule has 1 saturated heterocycles. The van der Waals surface area contributed by atoms with Crippen LogP contribution in [0.15, 0.2) is 24.3 Å². The Balaban J connectivity index is 1.94. The van der Waals surface area contributed by atoms with Gasteiger partial charge in [0, 0.05) is 13.7 Å². The molecule has 1 fully saturated rings. The van der Waals surface area contributed by atoms with Crippen LogP contribution in [0, 0.1) is 5.41 Å². The number of piperidine rings is 1. The maximum Gasteiger partial charge on any atom is 0.255 e. The number of ether oxygens (including phenoxy) is 2. The lowest BCUT2D eigenvalue weighted by molar-refractivity contribution is 0.0914. The first-order valence-corrected chi connectivity index (χ1v) is 7.84. The van der Waals surface area contributed by atoms with Gasteiger partial charge < -0.3 is 20.1 Å². The van der Waals surface area contributed by atoms with Gasteiger partial charge in [-0.3, -0.25) is 4.79 Å². The molecule has 1 heterocycles. The first-order chi connectivity index (χ1) is 10.6. The molecule has 1 aliphatic heterocycles. The predicted molar refractivity (Wildman–Crippen MR) is 86.4 cm³/mol. The molecule has 0 spiro atoms. The lowest BCUT2D eigenvalue weighted by Crippen LogP contribution is -2.42. The second kappa shape index (κ2) is 8.15. The molecule has 1 aliphatic rings. The molecule has 1 aromatic carbocycles. The highest BCUT2D eigenvalue weighted by Gasteiger charge is 2.27. The average Bonchev–Trinajstić information content (AvgIpc) is 2.54. The van der Waals surface area contributed by atoms with Gasteiger partial charge >= 0.3 is 0 Å². The minimum atomic E-state index is -0.0761. The quantitative estimate of drug-likeness (QED) is 0.755. The average molecular weight is 306 g/mol. The van der Waals surface area contributed by atoms with Gasteiger partial charge in [0.05, 0.1) is 12.2 Å². The van der Waals surface area contributed by atoms with Crippen LogP contribution in [0.3, 0.4) is 0 Å². The smallest absolute Gasteiger partial charge is 0.255 e. The normalized spacial score (nSPS) is 17.0. The van der Waals surface area contributed by atoms with Crippen molar-refractivity contribution in [1.29, 1.82) is 0 Å². The Morgan fingerprint density at radius 2 is 2.00 bits per heavy atom. The van der Waals surface area contributed by atoms with Crippen molar-refractivity contribution < 1.29 is 14.3 Å². The van der Waals surface area contributed by atoms with Gasteiger partial charge in [-0.05, 0) is 43.5 Å². The van der Waals surface area contributed by atoms with Crippen LogP contribution >= 0.6 is 0 Å². The van der Waals surface area contributed by atoms with Gasteiger partial charge in [0.2, 0.25) is 0 Å². The van der Waals surface area contributed by atoms with Crippen LogP contribution in [0.25, 0.3) is 0 Å². The molecule has 0 bridgehead atoms. The zero-order valence-electron chi connectivity index (χ0n) is 13.5. The van der Waals surface area contributed by atoms with Crippen molar-refractivity contribution in [2.24, 2.45) is 5.41 Å². The van der Waals surface area contributed by atoms with Crippen LogP contribution in [0.1, 0.15) is 30.1 Å². The number of carbonyl (C=O) groups excluding carboxylic acids is 1. The second-order valence-corrected chi connectivity index (χ2v) is 6.08. The van der Waals surface area contributed by atoms with E-state index in [9.17, 15) is 4.79 Å². The third-order valence-electron chi connectivity index (χ3n) is 4.16. The topological polar surface area (TPSA) is 59.6 Å². The Morgan fingerprint density at radius 1 is 1.27 bits per heavy atom. The Labute approximate surface area is 132 Å². The Morgan fingerprint density at radius 3 is 2.73 bits per heavy atom. The SMILES string of the molecule is COCCOc1ccccc1C(=O)NCC1(C)CCNCC1. The third-order valence-corrected chi connectivity index (χ3v) is 4.16. The zero-order chi connectivity index (χ0) is 15.8. The number of methoxy groups -OCH3 is 1. The van der Waals surface area contributed by atoms with Crippen LogP contribution in [0.5, 0.6) is 5.75 Å². The summed E-state index contributed by atoms with van der Waals surface area (Å²) >= 11 is 0. The van der Waals surface area contributed by atoms with Crippen LogP contribution in [0.4, 0.5) is 0 Å². The maximum absolute atomic E-state index is 12.4. The molecule has 122 valence electrons. The summed E-state index contributed by atoms with van der Waals surface area (Å²) in [5, 5.41) is 6.41. The van der Waals surface area contributed by atoms with Gasteiger partial charge in [-0.25, -0.2) is 0 Å². The number of benzene rings is 1. The highest BCUT2D eigenvalue weighted by molar-refractivity contribution is 5.96. The summed E-state index contributed by atoms with van der Waals surface area (Å²) in [4.78, 5) is 12.4. The van der Waals surface area contributed by atoms with Crippen molar-refractivity contribution in [3.05, 3.63) is 29.8 Å². The minimum Gasteiger partial charge on any atom is -0.490 e. The molecular formula is C17H26N2O3. The summed E-state index contributed by atoms with van der Waals surface area (Å²) in [7, 11) is 1.63. The molecule has 2 rings (SSSR count). The third kappa shape index (κ3) is 4.71. The first kappa shape index (κ1) is 16.8. The van der Waals surface area contributed by atoms with Gasteiger partial charge in [-0.1, -0.05) is 19.1 Å². The fourth-order valence-electron chi connectivity index (χ4n) is 2.61. The van der Waals surface area contributed by atoms with Crippen molar-refractivity contribution >= 4 is 5.91 Å². The van der Waals surface area contributed by atoms with E-state index in [1.807, 2.05) is 18.2 Å². The maximum atomic E-state index is 12.4. The van der Waals surface area contributed by atoms with Crippen molar-refractivity contribution in [3.8, 4) is 5.75 Å². The van der Waals surface area contributed by atoms with Crippen molar-refractivity contribution in [2.75, 3.05) is 40.0 Å². The molecule has 0 saturated carbocycles. The molecule has 0 aliphatic carbocycles. The summed E-state index contributed by atoms with van der Waals surface area (Å²) in [6.07, 6.45) is 2.17. The lowest BCUT2D eigenvalue weighted by atomic mass is 9.81. The summed E-state index contributed by atoms with van der Waals surface area (Å²) in [5.41, 5.74) is 0.753. The van der Waals surface area contributed by atoms with Gasteiger partial charge in [0.15, 0.2) is 0 Å². The van der Waals surface area contributed by atoms with E-state index in [-0.39, 0.29) is 11.3 Å². The van der Waals surface area contributed by atoms with Crippen molar-refractivity contribution in [3.63, 3.8) is 0 Å². The van der Waals surface area contributed by atoms with E-state index in [0.29, 0.717) is 31.1 Å². The molecule has 0 radical (unpaired) electrons. The van der Waals surface area contributed by atoms with Crippen molar-refractivity contribution in [1.82, 2.24) is 10.6 Å². The number of rotatable bonds is 7. The van der Waals surface area contributed by atoms with E-state index in [1.165, 1.54) is 0 Å². The van der Waals surface area contributed by atoms with E-state index in [4.69, 9.17) is 9.47 Å². The number of hydrogen-bond acceptors (Lipinski definition) is 4. The highest BCUT2D eigenvalue weighted by Crippen LogP contribution is 2.27. The number of nitrogens with one attached hydrogen (secondary N) is 2. The summed E-state index contributed by atoms with van der Waals surface area (Å²) in [6, 6.07) is 7.33. The summed E-state index contributed by atoms with van der Waals surface area (Å²) in [5.74, 6) is 0.528. The van der Waals surface area contributed by atoms with Crippen LogP contribution in [0.2, 0.25) is 0 Å². The Kier molecular flexibility index (Phi) is 6.21. The van der Waals surface area contributed by atoms with Gasteiger partial charge in [0.1, 0.15) is 12.4 Å². The summed E-state index contributed by atoms with van der Waals surface area (Å²) in [6.45, 7) is 5.90. The first-order valence-electron chi connectivity index (χ1n) is 7.84. The number of hydrogen-bond donors (Lipinski definition) is 2. The molecule has 1 amide bonds. The summed E-state index contributed by atoms with van der Waals surface area (Å²) < 4.78 is 10.6. The fraction of sp³-hybridized carbons (Fsp3) is 0.588. The molecule has 5 nitrogen and oxygen atoms in total. The Hall–Kier alpha value is -1.59. The van der Waals surface area contributed by atoms with E-state index in [1.54, 1.807) is 13.2 Å². The molecule has 0 unspecified atom stereocenters. The van der Waals surface area contributed by atoms with Gasteiger partial charge in [0.25, 0.3) is 5.91 Å². The molecule has 5 heteroatoms. The number of para-hydroxylation sites is 1. The van der Waals surface area contributed by atoms with E-state index in [0.717, 1.165) is 25.9 Å². The van der Waals surface area contributed by atoms with Crippen molar-refractivity contribution in [2.45, 2.75) is 19.8 Å². The van der Waals surface area contributed by atoms with Gasteiger partial charge in [-0.2, -0.15) is 0 Å². The zero-order valence-corrected chi connectivity index (χ0v) is 13.5. The number of amides is 1. The Bertz CT molecular complexity index is 485. The predicted octanol–water partition coefficient (Wildman–Crippen LogP) is 1.83. The monoisotopic (exact) mass is 306 g/mol. The number of carbonyl (C=O) groups is 1. The van der Waals surface area contributed by atoms with Crippen LogP contribution in [-0.4, -0.2) is 45.9 Å². The van der Waals surface area contributed by atoms with Crippen LogP contribution < -0.4 is 15.4 Å². The molecule has 2 N–H and O–H groups in total. The van der Waals surface area contributed by atoms with Crippen LogP contribution in [-0.2, 0) is 4.74 Å². The van der Waals surface area contributed by atoms with E-state index in [2.05, 4.69) is 17.6 Å². The molecular weight excluding hydrogens is 280 g/mol. The van der Waals surface area contributed by atoms with E-state index < -0.39 is 0 Å². The van der Waals surface area contributed by atoms with Gasteiger partial charge in [-0.15, -0.1) is 0 Å². The minimum absolute atomic E-state index is 0.0761. The van der Waals surface area contributed by atoms with E-state index >= 15 is 0 Å². The fourth-order valence-corrected chi connectivity index (χ4v) is 2.61. The molecule has 0 aromatic heterocycles.